The maximum atomic E-state index is 12.9. The van der Waals surface area contributed by atoms with E-state index in [1.54, 1.807) is 25.1 Å². The van der Waals surface area contributed by atoms with Gasteiger partial charge in [0.05, 0.1) is 0 Å². The second kappa shape index (κ2) is 5.88. The van der Waals surface area contributed by atoms with Crippen molar-refractivity contribution in [2.24, 2.45) is 0 Å². The molecule has 2 aromatic heterocycles. The Balaban J connectivity index is 1.70. The summed E-state index contributed by atoms with van der Waals surface area (Å²) in [6, 6.07) is 5.32. The molecule has 0 saturated heterocycles. The first-order valence-electron chi connectivity index (χ1n) is 8.30. The average Bonchev–Trinajstić information content (AvgIpc) is 3.28. The minimum absolute atomic E-state index is 0.269. The maximum Gasteiger partial charge on any atom is 0.288 e. The molecule has 1 aromatic carbocycles. The molecule has 2 heterocycles. The number of halogens is 1. The van der Waals surface area contributed by atoms with Crippen LogP contribution in [-0.2, 0) is 5.54 Å². The number of amides is 1. The zero-order valence-corrected chi connectivity index (χ0v) is 14.8. The zero-order valence-electron chi connectivity index (χ0n) is 14.1. The Hall–Kier alpha value is -2.34. The largest absolute Gasteiger partial charge is 0.451 e. The van der Waals surface area contributed by atoms with Crippen LogP contribution in [0.2, 0.25) is 5.02 Å². The molecule has 0 aliphatic heterocycles. The third kappa shape index (κ3) is 2.70. The number of hydrogen-bond donors (Lipinski definition) is 1. The number of nitrogens with one attached hydrogen (secondary N) is 1. The van der Waals surface area contributed by atoms with Crippen molar-refractivity contribution < 1.29 is 13.7 Å². The summed E-state index contributed by atoms with van der Waals surface area (Å²) in [6.45, 7) is 3.60. The summed E-state index contributed by atoms with van der Waals surface area (Å²) < 4.78 is 10.9. The predicted molar refractivity (Wildman–Crippen MR) is 92.6 cm³/mol. The molecule has 6 nitrogen and oxygen atoms in total. The minimum Gasteiger partial charge on any atom is -0.451 e. The zero-order chi connectivity index (χ0) is 17.6. The molecule has 1 fully saturated rings. The van der Waals surface area contributed by atoms with Crippen LogP contribution in [0, 0.1) is 13.8 Å². The fourth-order valence-corrected chi connectivity index (χ4v) is 3.73. The van der Waals surface area contributed by atoms with E-state index in [9.17, 15) is 4.79 Å². The van der Waals surface area contributed by atoms with Crippen LogP contribution < -0.4 is 5.32 Å². The Morgan fingerprint density at radius 3 is 2.72 bits per heavy atom. The average molecular weight is 360 g/mol. The van der Waals surface area contributed by atoms with Gasteiger partial charge in [0, 0.05) is 22.9 Å². The van der Waals surface area contributed by atoms with E-state index in [1.807, 2.05) is 6.92 Å². The highest BCUT2D eigenvalue weighted by Gasteiger charge is 2.42. The molecule has 0 unspecified atom stereocenters. The molecule has 1 aliphatic rings. The fraction of sp³-hybridized carbons (Fsp3) is 0.389. The van der Waals surface area contributed by atoms with Gasteiger partial charge in [-0.05, 0) is 38.0 Å². The number of furan rings is 1. The highest BCUT2D eigenvalue weighted by molar-refractivity contribution is 6.31. The van der Waals surface area contributed by atoms with Crippen molar-refractivity contribution in [2.45, 2.75) is 45.1 Å². The van der Waals surface area contributed by atoms with Crippen LogP contribution in [0.4, 0.5) is 0 Å². The van der Waals surface area contributed by atoms with Crippen molar-refractivity contribution in [2.75, 3.05) is 0 Å². The first-order valence-corrected chi connectivity index (χ1v) is 8.68. The molecule has 1 saturated carbocycles. The van der Waals surface area contributed by atoms with Gasteiger partial charge in [-0.3, -0.25) is 4.79 Å². The normalized spacial score (nSPS) is 16.4. The highest BCUT2D eigenvalue weighted by Crippen LogP contribution is 2.38. The molecule has 1 aliphatic carbocycles. The first kappa shape index (κ1) is 16.1. The molecule has 25 heavy (non-hydrogen) atoms. The molecule has 3 aromatic rings. The van der Waals surface area contributed by atoms with E-state index < -0.39 is 5.54 Å². The lowest BCUT2D eigenvalue weighted by molar-refractivity contribution is 0.0864. The van der Waals surface area contributed by atoms with Crippen LogP contribution >= 0.6 is 11.6 Å². The van der Waals surface area contributed by atoms with Crippen LogP contribution in [-0.4, -0.2) is 16.0 Å². The molecule has 7 heteroatoms. The molecule has 1 amide bonds. The van der Waals surface area contributed by atoms with Crippen molar-refractivity contribution in [3.8, 4) is 0 Å². The molecule has 0 bridgehead atoms. The molecular formula is C18H18ClN3O3. The van der Waals surface area contributed by atoms with Crippen LogP contribution in [0.25, 0.3) is 11.0 Å². The number of nitrogens with zero attached hydrogens (tertiary/aromatic N) is 2. The van der Waals surface area contributed by atoms with Crippen molar-refractivity contribution in [3.05, 3.63) is 46.3 Å². The minimum atomic E-state index is -0.599. The van der Waals surface area contributed by atoms with Crippen LogP contribution in [0.5, 0.6) is 0 Å². The SMILES string of the molecule is Cc1nc(C2(NC(=O)c3oc4ccc(Cl)cc4c3C)CCCC2)no1. The van der Waals surface area contributed by atoms with Gasteiger partial charge in [0.15, 0.2) is 11.6 Å². The van der Waals surface area contributed by atoms with Gasteiger partial charge in [-0.15, -0.1) is 0 Å². The van der Waals surface area contributed by atoms with Crippen molar-refractivity contribution in [1.29, 1.82) is 0 Å². The summed E-state index contributed by atoms with van der Waals surface area (Å²) in [5, 5.41) is 8.60. The number of benzene rings is 1. The Morgan fingerprint density at radius 1 is 1.28 bits per heavy atom. The van der Waals surface area contributed by atoms with Crippen molar-refractivity contribution >= 4 is 28.5 Å². The molecule has 0 radical (unpaired) electrons. The van der Waals surface area contributed by atoms with Crippen molar-refractivity contribution in [3.63, 3.8) is 0 Å². The van der Waals surface area contributed by atoms with Gasteiger partial charge in [0.25, 0.3) is 5.91 Å². The number of rotatable bonds is 3. The standard InChI is InChI=1S/C18H18ClN3O3/c1-10-13-9-12(19)5-6-14(13)24-15(10)16(23)21-18(7-3-4-8-18)17-20-11(2)25-22-17/h5-6,9H,3-4,7-8H2,1-2H3,(H,21,23). The Kier molecular flexibility index (Phi) is 3.80. The summed E-state index contributed by atoms with van der Waals surface area (Å²) in [5.41, 5.74) is 0.813. The van der Waals surface area contributed by atoms with Gasteiger partial charge in [-0.1, -0.05) is 29.6 Å². The first-order chi connectivity index (χ1) is 12.0. The third-order valence-corrected chi connectivity index (χ3v) is 5.11. The van der Waals surface area contributed by atoms with Crippen molar-refractivity contribution in [1.82, 2.24) is 15.5 Å². The molecule has 0 atom stereocenters. The molecular weight excluding hydrogens is 342 g/mol. The second-order valence-corrected chi connectivity index (χ2v) is 7.01. The van der Waals surface area contributed by atoms with E-state index in [0.717, 1.165) is 36.6 Å². The Labute approximate surface area is 149 Å². The summed E-state index contributed by atoms with van der Waals surface area (Å²) >= 11 is 6.05. The summed E-state index contributed by atoms with van der Waals surface area (Å²) in [5.74, 6) is 1.05. The Morgan fingerprint density at radius 2 is 2.04 bits per heavy atom. The number of carbonyl (C=O) groups is 1. The molecule has 130 valence electrons. The van der Waals surface area contributed by atoms with Crippen LogP contribution in [0.3, 0.4) is 0 Å². The van der Waals surface area contributed by atoms with E-state index in [0.29, 0.717) is 28.1 Å². The van der Waals surface area contributed by atoms with Crippen LogP contribution in [0.1, 0.15) is 53.5 Å². The lowest BCUT2D eigenvalue weighted by Crippen LogP contribution is -2.44. The lowest BCUT2D eigenvalue weighted by Gasteiger charge is -2.26. The highest BCUT2D eigenvalue weighted by atomic mass is 35.5. The second-order valence-electron chi connectivity index (χ2n) is 6.58. The maximum absolute atomic E-state index is 12.9. The predicted octanol–water partition coefficient (Wildman–Crippen LogP) is 4.29. The van der Waals surface area contributed by atoms with Gasteiger partial charge in [0.1, 0.15) is 11.1 Å². The van der Waals surface area contributed by atoms with Crippen LogP contribution in [0.15, 0.2) is 27.1 Å². The van der Waals surface area contributed by atoms with Gasteiger partial charge >= 0.3 is 0 Å². The lowest BCUT2D eigenvalue weighted by atomic mass is 9.96. The van der Waals surface area contributed by atoms with E-state index in [-0.39, 0.29) is 5.91 Å². The Bertz CT molecular complexity index is 954. The molecule has 4 rings (SSSR count). The quantitative estimate of drug-likeness (QED) is 0.754. The van der Waals surface area contributed by atoms with E-state index in [2.05, 4.69) is 15.5 Å². The fourth-order valence-electron chi connectivity index (χ4n) is 3.56. The van der Waals surface area contributed by atoms with E-state index in [1.165, 1.54) is 0 Å². The molecule has 1 N–H and O–H groups in total. The van der Waals surface area contributed by atoms with Gasteiger partial charge in [-0.25, -0.2) is 0 Å². The topological polar surface area (TPSA) is 81.2 Å². The van der Waals surface area contributed by atoms with E-state index >= 15 is 0 Å². The summed E-state index contributed by atoms with van der Waals surface area (Å²) in [4.78, 5) is 17.3. The third-order valence-electron chi connectivity index (χ3n) is 4.87. The number of carbonyl (C=O) groups excluding carboxylic acids is 1. The van der Waals surface area contributed by atoms with E-state index in [4.69, 9.17) is 20.5 Å². The van der Waals surface area contributed by atoms with Gasteiger partial charge < -0.3 is 14.3 Å². The summed E-state index contributed by atoms with van der Waals surface area (Å²) in [6.07, 6.45) is 3.57. The van der Waals surface area contributed by atoms with Gasteiger partial charge in [0.2, 0.25) is 5.89 Å². The number of aromatic nitrogens is 2. The van der Waals surface area contributed by atoms with Gasteiger partial charge in [-0.2, -0.15) is 4.98 Å². The molecule has 0 spiro atoms. The smallest absolute Gasteiger partial charge is 0.288 e. The monoisotopic (exact) mass is 359 g/mol. The number of fused-ring (bicyclic) bond motifs is 1. The number of aryl methyl sites for hydroxylation is 2. The number of hydrogen-bond acceptors (Lipinski definition) is 5. The summed E-state index contributed by atoms with van der Waals surface area (Å²) in [7, 11) is 0.